The molecule has 1 aliphatic carbocycles. The van der Waals surface area contributed by atoms with E-state index in [1.54, 1.807) is 0 Å². The van der Waals surface area contributed by atoms with Crippen molar-refractivity contribution in [2.75, 3.05) is 13.7 Å². The summed E-state index contributed by atoms with van der Waals surface area (Å²) in [7, 11) is 1.42. The maximum atomic E-state index is 11.2. The number of carbonyl (C=O) groups is 1. The van der Waals surface area contributed by atoms with Crippen molar-refractivity contribution in [2.24, 2.45) is 5.73 Å². The molecular weight excluding hydrogens is 254 g/mol. The lowest BCUT2D eigenvalue weighted by molar-refractivity contribution is -0.140. The number of methoxy groups -OCH3 is 1. The molecule has 2 N–H and O–H groups in total. The van der Waals surface area contributed by atoms with E-state index in [1.165, 1.54) is 18.2 Å². The maximum absolute atomic E-state index is 11.2. The lowest BCUT2D eigenvalue weighted by Gasteiger charge is -2.16. The van der Waals surface area contributed by atoms with Crippen LogP contribution in [-0.4, -0.2) is 25.7 Å². The van der Waals surface area contributed by atoms with Gasteiger partial charge in [0, 0.05) is 12.5 Å². The summed E-state index contributed by atoms with van der Waals surface area (Å²) in [6.45, 7) is 2.65. The fraction of sp³-hybridized carbons (Fsp3) is 0.562. The third-order valence-electron chi connectivity index (χ3n) is 3.95. The number of benzene rings is 1. The topological polar surface area (TPSA) is 61.5 Å². The largest absolute Gasteiger partial charge is 0.494 e. The number of esters is 1. The SMILES string of the molecule is CCOc1cccc2c1CC(N)C2CCCC(=O)OC. The summed E-state index contributed by atoms with van der Waals surface area (Å²) in [6.07, 6.45) is 3.04. The summed E-state index contributed by atoms with van der Waals surface area (Å²) in [5.74, 6) is 1.12. The second-order valence-corrected chi connectivity index (χ2v) is 5.20. The van der Waals surface area contributed by atoms with Crippen molar-refractivity contribution in [1.82, 2.24) is 0 Å². The van der Waals surface area contributed by atoms with Gasteiger partial charge in [0.05, 0.1) is 13.7 Å². The molecule has 0 saturated heterocycles. The van der Waals surface area contributed by atoms with E-state index < -0.39 is 0 Å². The Morgan fingerprint density at radius 1 is 1.45 bits per heavy atom. The molecule has 1 aliphatic rings. The second-order valence-electron chi connectivity index (χ2n) is 5.20. The van der Waals surface area contributed by atoms with Gasteiger partial charge in [-0.1, -0.05) is 12.1 Å². The third-order valence-corrected chi connectivity index (χ3v) is 3.95. The first-order chi connectivity index (χ1) is 9.67. The van der Waals surface area contributed by atoms with Crippen molar-refractivity contribution < 1.29 is 14.3 Å². The van der Waals surface area contributed by atoms with Gasteiger partial charge >= 0.3 is 5.97 Å². The Morgan fingerprint density at radius 3 is 2.95 bits per heavy atom. The Morgan fingerprint density at radius 2 is 2.25 bits per heavy atom. The molecule has 0 bridgehead atoms. The van der Waals surface area contributed by atoms with Gasteiger partial charge < -0.3 is 15.2 Å². The normalized spacial score (nSPS) is 20.6. The van der Waals surface area contributed by atoms with Crippen molar-refractivity contribution in [2.45, 2.75) is 44.6 Å². The first-order valence-corrected chi connectivity index (χ1v) is 7.24. The van der Waals surface area contributed by atoms with Crippen LogP contribution in [0, 0.1) is 0 Å². The molecular formula is C16H23NO3. The minimum Gasteiger partial charge on any atom is -0.494 e. The molecule has 0 spiro atoms. The van der Waals surface area contributed by atoms with Crippen LogP contribution < -0.4 is 10.5 Å². The quantitative estimate of drug-likeness (QED) is 0.811. The molecule has 0 heterocycles. The number of carbonyl (C=O) groups excluding carboxylic acids is 1. The van der Waals surface area contributed by atoms with Gasteiger partial charge in [0.25, 0.3) is 0 Å². The summed E-state index contributed by atoms with van der Waals surface area (Å²) in [6, 6.07) is 6.28. The molecule has 20 heavy (non-hydrogen) atoms. The molecule has 2 rings (SSSR count). The van der Waals surface area contributed by atoms with Gasteiger partial charge in [-0.25, -0.2) is 0 Å². The lowest BCUT2D eigenvalue weighted by atomic mass is 9.93. The first kappa shape index (κ1) is 14.9. The van der Waals surface area contributed by atoms with Crippen LogP contribution >= 0.6 is 0 Å². The molecule has 0 saturated carbocycles. The average molecular weight is 277 g/mol. The van der Waals surface area contributed by atoms with E-state index in [4.69, 9.17) is 10.5 Å². The third kappa shape index (κ3) is 3.12. The van der Waals surface area contributed by atoms with E-state index in [0.717, 1.165) is 25.0 Å². The number of rotatable bonds is 6. The van der Waals surface area contributed by atoms with Gasteiger partial charge in [0.1, 0.15) is 5.75 Å². The van der Waals surface area contributed by atoms with E-state index >= 15 is 0 Å². The van der Waals surface area contributed by atoms with Gasteiger partial charge in [-0.15, -0.1) is 0 Å². The van der Waals surface area contributed by atoms with Crippen LogP contribution in [0.15, 0.2) is 18.2 Å². The Hall–Kier alpha value is -1.55. The number of nitrogens with two attached hydrogens (primary N) is 1. The van der Waals surface area contributed by atoms with Crippen LogP contribution in [0.4, 0.5) is 0 Å². The van der Waals surface area contributed by atoms with Crippen molar-refractivity contribution in [1.29, 1.82) is 0 Å². The lowest BCUT2D eigenvalue weighted by Crippen LogP contribution is -2.25. The van der Waals surface area contributed by atoms with E-state index in [1.807, 2.05) is 19.1 Å². The van der Waals surface area contributed by atoms with E-state index in [-0.39, 0.29) is 12.0 Å². The predicted octanol–water partition coefficient (Wildman–Crippen LogP) is 2.40. The van der Waals surface area contributed by atoms with Gasteiger partial charge in [-0.2, -0.15) is 0 Å². The van der Waals surface area contributed by atoms with Gasteiger partial charge in [-0.05, 0) is 49.3 Å². The zero-order chi connectivity index (χ0) is 14.5. The molecule has 110 valence electrons. The van der Waals surface area contributed by atoms with Crippen LogP contribution in [0.2, 0.25) is 0 Å². The Bertz CT molecular complexity index is 473. The van der Waals surface area contributed by atoms with Crippen LogP contribution in [0.1, 0.15) is 43.2 Å². The molecule has 0 aliphatic heterocycles. The second kappa shape index (κ2) is 6.75. The van der Waals surface area contributed by atoms with Gasteiger partial charge in [0.15, 0.2) is 0 Å². The molecule has 0 radical (unpaired) electrons. The minimum absolute atomic E-state index is 0.115. The van der Waals surface area contributed by atoms with Crippen LogP contribution in [0.25, 0.3) is 0 Å². The van der Waals surface area contributed by atoms with E-state index in [9.17, 15) is 4.79 Å². The van der Waals surface area contributed by atoms with Gasteiger partial charge in [0.2, 0.25) is 0 Å². The number of ether oxygens (including phenoxy) is 2. The average Bonchev–Trinajstić information content (AvgIpc) is 2.76. The monoisotopic (exact) mass is 277 g/mol. The highest BCUT2D eigenvalue weighted by molar-refractivity contribution is 5.69. The summed E-state index contributed by atoms with van der Waals surface area (Å²) in [4.78, 5) is 11.2. The summed E-state index contributed by atoms with van der Waals surface area (Å²) in [5.41, 5.74) is 8.80. The van der Waals surface area contributed by atoms with Crippen molar-refractivity contribution in [3.8, 4) is 5.75 Å². The minimum atomic E-state index is -0.153. The predicted molar refractivity (Wildman–Crippen MR) is 77.9 cm³/mol. The fourth-order valence-corrected chi connectivity index (χ4v) is 2.99. The van der Waals surface area contributed by atoms with Crippen molar-refractivity contribution >= 4 is 5.97 Å². The van der Waals surface area contributed by atoms with Crippen LogP contribution in [0.3, 0.4) is 0 Å². The number of hydrogen-bond acceptors (Lipinski definition) is 4. The molecule has 0 aromatic heterocycles. The fourth-order valence-electron chi connectivity index (χ4n) is 2.99. The summed E-state index contributed by atoms with van der Waals surface area (Å²) in [5, 5.41) is 0. The Labute approximate surface area is 120 Å². The number of fused-ring (bicyclic) bond motifs is 1. The van der Waals surface area contributed by atoms with Crippen molar-refractivity contribution in [3.63, 3.8) is 0 Å². The highest BCUT2D eigenvalue weighted by atomic mass is 16.5. The molecule has 0 fully saturated rings. The summed E-state index contributed by atoms with van der Waals surface area (Å²) >= 11 is 0. The van der Waals surface area contributed by atoms with E-state index in [2.05, 4.69) is 10.8 Å². The smallest absolute Gasteiger partial charge is 0.305 e. The Balaban J connectivity index is 2.06. The molecule has 4 heteroatoms. The molecule has 2 atom stereocenters. The molecule has 4 nitrogen and oxygen atoms in total. The standard InChI is InChI=1S/C16H23NO3/c1-3-20-15-8-4-6-11-12(14(17)10-13(11)15)7-5-9-16(18)19-2/h4,6,8,12,14H,3,5,7,9-10,17H2,1-2H3. The van der Waals surface area contributed by atoms with Crippen LogP contribution in [-0.2, 0) is 16.0 Å². The Kier molecular flexibility index (Phi) is 5.01. The first-order valence-electron chi connectivity index (χ1n) is 7.24. The highest BCUT2D eigenvalue weighted by Gasteiger charge is 2.31. The summed E-state index contributed by atoms with van der Waals surface area (Å²) < 4.78 is 10.3. The number of hydrogen-bond donors (Lipinski definition) is 1. The van der Waals surface area contributed by atoms with E-state index in [0.29, 0.717) is 18.9 Å². The molecule has 2 unspecified atom stereocenters. The molecule has 1 aromatic rings. The van der Waals surface area contributed by atoms with Crippen LogP contribution in [0.5, 0.6) is 5.75 Å². The van der Waals surface area contributed by atoms with Gasteiger partial charge in [-0.3, -0.25) is 4.79 Å². The zero-order valence-electron chi connectivity index (χ0n) is 12.2. The zero-order valence-corrected chi connectivity index (χ0v) is 12.2. The molecule has 0 amide bonds. The molecule has 1 aromatic carbocycles. The van der Waals surface area contributed by atoms with Crippen molar-refractivity contribution in [3.05, 3.63) is 29.3 Å². The maximum Gasteiger partial charge on any atom is 0.305 e. The highest BCUT2D eigenvalue weighted by Crippen LogP contribution is 2.40.